The van der Waals surface area contributed by atoms with Gasteiger partial charge in [0.25, 0.3) is 0 Å². The van der Waals surface area contributed by atoms with Crippen LogP contribution in [0.5, 0.6) is 0 Å². The van der Waals surface area contributed by atoms with Crippen LogP contribution in [0.1, 0.15) is 62.9 Å². The van der Waals surface area contributed by atoms with Gasteiger partial charge < -0.3 is 10.3 Å². The zero-order chi connectivity index (χ0) is 15.5. The average Bonchev–Trinajstić information content (AvgIpc) is 2.90. The summed E-state index contributed by atoms with van der Waals surface area (Å²) in [7, 11) is 0. The lowest BCUT2D eigenvalue weighted by Crippen LogP contribution is -2.19. The standard InChI is InChI=1S/C18H28N4/c1-13-10-16-18(20-12-13)22(14(2)11-19)17(21-16)9-8-15-6-4-3-5-7-15/h10,12,14-15H,3-9,11,19H2,1-2H3. The summed E-state index contributed by atoms with van der Waals surface area (Å²) < 4.78 is 2.26. The molecule has 0 aromatic carbocycles. The first-order chi connectivity index (χ1) is 10.7. The number of imidazole rings is 1. The molecule has 0 bridgehead atoms. The second kappa shape index (κ2) is 6.78. The fraction of sp³-hybridized carbons (Fsp3) is 0.667. The van der Waals surface area contributed by atoms with Crippen LogP contribution in [0.3, 0.4) is 0 Å². The predicted molar refractivity (Wildman–Crippen MR) is 90.9 cm³/mol. The summed E-state index contributed by atoms with van der Waals surface area (Å²) in [6, 6.07) is 2.38. The van der Waals surface area contributed by atoms with Crippen molar-refractivity contribution < 1.29 is 0 Å². The molecule has 2 aromatic heterocycles. The van der Waals surface area contributed by atoms with Crippen LogP contribution in [-0.2, 0) is 6.42 Å². The molecule has 2 N–H and O–H groups in total. The van der Waals surface area contributed by atoms with Crippen LogP contribution in [-0.4, -0.2) is 21.1 Å². The van der Waals surface area contributed by atoms with Crippen molar-refractivity contribution in [2.24, 2.45) is 11.7 Å². The molecule has 1 aliphatic carbocycles. The molecular formula is C18H28N4. The van der Waals surface area contributed by atoms with Crippen molar-refractivity contribution in [3.63, 3.8) is 0 Å². The highest BCUT2D eigenvalue weighted by atomic mass is 15.2. The fourth-order valence-corrected chi connectivity index (χ4v) is 3.68. The molecule has 3 rings (SSSR count). The van der Waals surface area contributed by atoms with E-state index in [9.17, 15) is 0 Å². The van der Waals surface area contributed by atoms with E-state index in [-0.39, 0.29) is 6.04 Å². The Morgan fingerprint density at radius 1 is 1.32 bits per heavy atom. The first kappa shape index (κ1) is 15.5. The van der Waals surface area contributed by atoms with Gasteiger partial charge in [-0.1, -0.05) is 32.1 Å². The predicted octanol–water partition coefficient (Wildman–Crippen LogP) is 3.77. The van der Waals surface area contributed by atoms with Gasteiger partial charge in [0, 0.05) is 25.2 Å². The second-order valence-corrected chi connectivity index (χ2v) is 6.88. The Labute approximate surface area is 133 Å². The number of aromatic nitrogens is 3. The SMILES string of the molecule is Cc1cnc2c(c1)nc(CCC1CCCCC1)n2C(C)CN. The van der Waals surface area contributed by atoms with E-state index in [1.807, 2.05) is 6.20 Å². The van der Waals surface area contributed by atoms with Crippen LogP contribution >= 0.6 is 0 Å². The quantitative estimate of drug-likeness (QED) is 0.914. The molecular weight excluding hydrogens is 272 g/mol. The fourth-order valence-electron chi connectivity index (χ4n) is 3.68. The van der Waals surface area contributed by atoms with E-state index >= 15 is 0 Å². The molecule has 2 heterocycles. The Balaban J connectivity index is 1.86. The normalized spacial score (nSPS) is 18.0. The molecule has 0 aliphatic heterocycles. The minimum absolute atomic E-state index is 0.251. The van der Waals surface area contributed by atoms with Gasteiger partial charge in [-0.05, 0) is 37.8 Å². The number of hydrogen-bond acceptors (Lipinski definition) is 3. The topological polar surface area (TPSA) is 56.7 Å². The van der Waals surface area contributed by atoms with Gasteiger partial charge in [0.1, 0.15) is 11.3 Å². The Morgan fingerprint density at radius 2 is 2.09 bits per heavy atom. The molecule has 0 spiro atoms. The molecule has 1 saturated carbocycles. The van der Waals surface area contributed by atoms with Crippen molar-refractivity contribution in [3.05, 3.63) is 23.7 Å². The molecule has 2 aromatic rings. The van der Waals surface area contributed by atoms with Gasteiger partial charge in [-0.2, -0.15) is 0 Å². The van der Waals surface area contributed by atoms with Crippen molar-refractivity contribution in [2.45, 2.75) is 64.8 Å². The third kappa shape index (κ3) is 3.17. The monoisotopic (exact) mass is 300 g/mol. The first-order valence-corrected chi connectivity index (χ1v) is 8.72. The average molecular weight is 300 g/mol. The van der Waals surface area contributed by atoms with Gasteiger partial charge in [0.2, 0.25) is 0 Å². The molecule has 0 radical (unpaired) electrons. The van der Waals surface area contributed by atoms with E-state index in [4.69, 9.17) is 10.7 Å². The highest BCUT2D eigenvalue weighted by Crippen LogP contribution is 2.28. The van der Waals surface area contributed by atoms with Crippen molar-refractivity contribution >= 4 is 11.2 Å². The number of pyridine rings is 1. The molecule has 1 aliphatic rings. The summed E-state index contributed by atoms with van der Waals surface area (Å²) in [6.07, 6.45) is 11.2. The van der Waals surface area contributed by atoms with E-state index in [1.165, 1.54) is 38.5 Å². The highest BCUT2D eigenvalue weighted by molar-refractivity contribution is 5.72. The third-order valence-corrected chi connectivity index (χ3v) is 5.02. The summed E-state index contributed by atoms with van der Waals surface area (Å²) in [6.45, 7) is 4.85. The Kier molecular flexibility index (Phi) is 4.77. The third-order valence-electron chi connectivity index (χ3n) is 5.02. The smallest absolute Gasteiger partial charge is 0.160 e. The van der Waals surface area contributed by atoms with E-state index in [2.05, 4.69) is 29.5 Å². The molecule has 1 fully saturated rings. The first-order valence-electron chi connectivity index (χ1n) is 8.72. The molecule has 1 atom stereocenters. The lowest BCUT2D eigenvalue weighted by molar-refractivity contribution is 0.335. The van der Waals surface area contributed by atoms with E-state index in [0.29, 0.717) is 6.54 Å². The zero-order valence-electron chi connectivity index (χ0n) is 13.9. The largest absolute Gasteiger partial charge is 0.328 e. The van der Waals surface area contributed by atoms with Crippen molar-refractivity contribution in [2.75, 3.05) is 6.54 Å². The van der Waals surface area contributed by atoms with E-state index in [1.54, 1.807) is 0 Å². The summed E-state index contributed by atoms with van der Waals surface area (Å²) in [5.74, 6) is 2.04. The molecule has 0 saturated heterocycles. The van der Waals surface area contributed by atoms with Crippen LogP contribution in [0.15, 0.2) is 12.3 Å². The lowest BCUT2D eigenvalue weighted by atomic mass is 9.86. The number of fused-ring (bicyclic) bond motifs is 1. The maximum Gasteiger partial charge on any atom is 0.160 e. The number of rotatable bonds is 5. The van der Waals surface area contributed by atoms with Gasteiger partial charge >= 0.3 is 0 Å². The summed E-state index contributed by atoms with van der Waals surface area (Å²) in [4.78, 5) is 9.48. The van der Waals surface area contributed by atoms with Crippen LogP contribution in [0.4, 0.5) is 0 Å². The number of aryl methyl sites for hydroxylation is 2. The van der Waals surface area contributed by atoms with Crippen LogP contribution in [0, 0.1) is 12.8 Å². The summed E-state index contributed by atoms with van der Waals surface area (Å²) in [5.41, 5.74) is 9.08. The lowest BCUT2D eigenvalue weighted by Gasteiger charge is -2.22. The van der Waals surface area contributed by atoms with Crippen LogP contribution < -0.4 is 5.73 Å². The molecule has 1 unspecified atom stereocenters. The van der Waals surface area contributed by atoms with E-state index < -0.39 is 0 Å². The molecule has 22 heavy (non-hydrogen) atoms. The minimum Gasteiger partial charge on any atom is -0.328 e. The Bertz CT molecular complexity index is 625. The molecule has 0 amide bonds. The summed E-state index contributed by atoms with van der Waals surface area (Å²) >= 11 is 0. The van der Waals surface area contributed by atoms with Gasteiger partial charge in [-0.3, -0.25) is 0 Å². The van der Waals surface area contributed by atoms with Gasteiger partial charge in [-0.25, -0.2) is 9.97 Å². The summed E-state index contributed by atoms with van der Waals surface area (Å²) in [5, 5.41) is 0. The van der Waals surface area contributed by atoms with Crippen molar-refractivity contribution in [1.29, 1.82) is 0 Å². The zero-order valence-corrected chi connectivity index (χ0v) is 13.9. The minimum atomic E-state index is 0.251. The molecule has 120 valence electrons. The second-order valence-electron chi connectivity index (χ2n) is 6.88. The van der Waals surface area contributed by atoms with Crippen molar-refractivity contribution in [3.8, 4) is 0 Å². The van der Waals surface area contributed by atoms with Gasteiger partial charge in [0.15, 0.2) is 5.65 Å². The highest BCUT2D eigenvalue weighted by Gasteiger charge is 2.19. The van der Waals surface area contributed by atoms with E-state index in [0.717, 1.165) is 34.9 Å². The Hall–Kier alpha value is -1.42. The number of nitrogens with two attached hydrogens (primary N) is 1. The maximum absolute atomic E-state index is 5.92. The Morgan fingerprint density at radius 3 is 2.82 bits per heavy atom. The number of nitrogens with zero attached hydrogens (tertiary/aromatic N) is 3. The number of hydrogen-bond donors (Lipinski definition) is 1. The van der Waals surface area contributed by atoms with Gasteiger partial charge in [0.05, 0.1) is 0 Å². The molecule has 4 heteroatoms. The molecule has 4 nitrogen and oxygen atoms in total. The van der Waals surface area contributed by atoms with Gasteiger partial charge in [-0.15, -0.1) is 0 Å². The van der Waals surface area contributed by atoms with Crippen molar-refractivity contribution in [1.82, 2.24) is 14.5 Å². The van der Waals surface area contributed by atoms with Crippen LogP contribution in [0.2, 0.25) is 0 Å². The van der Waals surface area contributed by atoms with Crippen LogP contribution in [0.25, 0.3) is 11.2 Å². The maximum atomic E-state index is 5.92.